The van der Waals surface area contributed by atoms with Crippen LogP contribution in [0.4, 0.5) is 11.4 Å². The summed E-state index contributed by atoms with van der Waals surface area (Å²) in [5, 5.41) is 0. The van der Waals surface area contributed by atoms with Gasteiger partial charge in [-0.2, -0.15) is 0 Å². The zero-order valence-electron chi connectivity index (χ0n) is 17.7. The van der Waals surface area contributed by atoms with Gasteiger partial charge in [-0.25, -0.2) is 0 Å². The van der Waals surface area contributed by atoms with Gasteiger partial charge in [0, 0.05) is 49.5 Å². The molecule has 30 heavy (non-hydrogen) atoms. The van der Waals surface area contributed by atoms with Gasteiger partial charge in [-0.1, -0.05) is 24.3 Å². The van der Waals surface area contributed by atoms with E-state index in [-0.39, 0.29) is 6.10 Å². The molecule has 2 heterocycles. The maximum Gasteiger partial charge on any atom is 0.163 e. The number of anilines is 2. The lowest BCUT2D eigenvalue weighted by Crippen LogP contribution is -2.35. The Labute approximate surface area is 178 Å². The van der Waals surface area contributed by atoms with Crippen LogP contribution in [-0.2, 0) is 6.54 Å². The Hall–Kier alpha value is -3.05. The Kier molecular flexibility index (Phi) is 6.50. The molecular formula is C25H29N3O2. The molecule has 3 aromatic rings. The summed E-state index contributed by atoms with van der Waals surface area (Å²) in [5.74, 6) is 1.57. The van der Waals surface area contributed by atoms with Gasteiger partial charge in [0.25, 0.3) is 0 Å². The fraction of sp³-hybridized carbons (Fsp3) is 0.320. The van der Waals surface area contributed by atoms with Crippen molar-refractivity contribution in [1.82, 2.24) is 9.88 Å². The fourth-order valence-corrected chi connectivity index (χ4v) is 3.82. The van der Waals surface area contributed by atoms with Crippen LogP contribution in [0.15, 0.2) is 73.1 Å². The molecule has 0 atom stereocenters. The van der Waals surface area contributed by atoms with E-state index in [0.717, 1.165) is 60.9 Å². The Morgan fingerprint density at radius 1 is 0.967 bits per heavy atom. The van der Waals surface area contributed by atoms with Gasteiger partial charge < -0.3 is 19.3 Å². The second-order valence-electron chi connectivity index (χ2n) is 7.74. The Bertz CT molecular complexity index is 926. The van der Waals surface area contributed by atoms with Gasteiger partial charge in [0.15, 0.2) is 11.5 Å². The topological polar surface area (TPSA) is 37.8 Å². The number of nitrogens with zero attached hydrogens (tertiary/aromatic N) is 3. The first-order valence-electron chi connectivity index (χ1n) is 10.5. The summed E-state index contributed by atoms with van der Waals surface area (Å²) in [5.41, 5.74) is 3.33. The number of likely N-dealkylation sites (tertiary alicyclic amines) is 1. The van der Waals surface area contributed by atoms with Crippen LogP contribution in [0.25, 0.3) is 0 Å². The third-order valence-corrected chi connectivity index (χ3v) is 5.55. The van der Waals surface area contributed by atoms with E-state index in [1.807, 2.05) is 24.4 Å². The number of benzene rings is 2. The largest absolute Gasteiger partial charge is 0.493 e. The lowest BCUT2D eigenvalue weighted by atomic mass is 10.1. The van der Waals surface area contributed by atoms with Crippen LogP contribution in [0.2, 0.25) is 0 Å². The van der Waals surface area contributed by atoms with Gasteiger partial charge >= 0.3 is 0 Å². The number of hydrogen-bond donors (Lipinski definition) is 0. The van der Waals surface area contributed by atoms with Gasteiger partial charge in [0.1, 0.15) is 6.10 Å². The molecule has 2 aromatic carbocycles. The third-order valence-electron chi connectivity index (χ3n) is 5.55. The van der Waals surface area contributed by atoms with Crippen molar-refractivity contribution < 1.29 is 9.47 Å². The van der Waals surface area contributed by atoms with Gasteiger partial charge in [0.05, 0.1) is 7.11 Å². The van der Waals surface area contributed by atoms with E-state index in [1.54, 1.807) is 13.3 Å². The van der Waals surface area contributed by atoms with Crippen molar-refractivity contribution in [2.45, 2.75) is 25.5 Å². The van der Waals surface area contributed by atoms with E-state index in [4.69, 9.17) is 9.47 Å². The van der Waals surface area contributed by atoms with E-state index in [0.29, 0.717) is 0 Å². The third kappa shape index (κ3) is 4.92. The smallest absolute Gasteiger partial charge is 0.163 e. The molecule has 5 heteroatoms. The monoisotopic (exact) mass is 403 g/mol. The van der Waals surface area contributed by atoms with Crippen LogP contribution in [0.1, 0.15) is 18.4 Å². The SMILES string of the molecule is COc1ccc(N(Cc2cccnc2)c2ccccc2)cc1OC1CCN(C)CC1. The summed E-state index contributed by atoms with van der Waals surface area (Å²) >= 11 is 0. The first kappa shape index (κ1) is 20.2. The average molecular weight is 404 g/mol. The van der Waals surface area contributed by atoms with E-state index in [9.17, 15) is 0 Å². The lowest BCUT2D eigenvalue weighted by molar-refractivity contribution is 0.111. The van der Waals surface area contributed by atoms with Crippen molar-refractivity contribution in [1.29, 1.82) is 0 Å². The molecule has 1 aromatic heterocycles. The first-order chi connectivity index (χ1) is 14.7. The molecular weight excluding hydrogens is 374 g/mol. The fourth-order valence-electron chi connectivity index (χ4n) is 3.82. The van der Waals surface area contributed by atoms with Gasteiger partial charge in [-0.3, -0.25) is 4.98 Å². The van der Waals surface area contributed by atoms with Crippen molar-refractivity contribution in [3.05, 3.63) is 78.6 Å². The van der Waals surface area contributed by atoms with Gasteiger partial charge in [-0.05, 0) is 55.8 Å². The van der Waals surface area contributed by atoms with Crippen LogP contribution in [0.5, 0.6) is 11.5 Å². The predicted octanol–water partition coefficient (Wildman–Crippen LogP) is 4.90. The average Bonchev–Trinajstić information content (AvgIpc) is 2.80. The summed E-state index contributed by atoms with van der Waals surface area (Å²) in [4.78, 5) is 8.90. The Morgan fingerprint density at radius 3 is 2.47 bits per heavy atom. The van der Waals surface area contributed by atoms with Crippen molar-refractivity contribution in [3.63, 3.8) is 0 Å². The zero-order valence-corrected chi connectivity index (χ0v) is 17.7. The first-order valence-corrected chi connectivity index (χ1v) is 10.5. The maximum atomic E-state index is 6.41. The van der Waals surface area contributed by atoms with Crippen LogP contribution in [-0.4, -0.2) is 43.2 Å². The molecule has 0 spiro atoms. The van der Waals surface area contributed by atoms with Gasteiger partial charge in [-0.15, -0.1) is 0 Å². The van der Waals surface area contributed by atoms with Crippen molar-refractivity contribution >= 4 is 11.4 Å². The Morgan fingerprint density at radius 2 is 1.77 bits per heavy atom. The standard InChI is InChI=1S/C25H29N3O2/c1-27-15-12-23(13-16-27)30-25-17-22(10-11-24(25)29-2)28(21-8-4-3-5-9-21)19-20-7-6-14-26-18-20/h3-11,14,17-18,23H,12-13,15-16,19H2,1-2H3. The zero-order chi connectivity index (χ0) is 20.8. The number of ether oxygens (including phenoxy) is 2. The number of rotatable bonds is 7. The van der Waals surface area contributed by atoms with Crippen LogP contribution in [0, 0.1) is 0 Å². The van der Waals surface area contributed by atoms with Crippen LogP contribution < -0.4 is 14.4 Å². The van der Waals surface area contributed by atoms with Crippen molar-refractivity contribution in [2.24, 2.45) is 0 Å². The molecule has 0 amide bonds. The minimum absolute atomic E-state index is 0.217. The molecule has 1 aliphatic rings. The highest BCUT2D eigenvalue weighted by atomic mass is 16.5. The molecule has 0 saturated carbocycles. The number of aromatic nitrogens is 1. The molecule has 0 N–H and O–H groups in total. The molecule has 1 fully saturated rings. The molecule has 0 unspecified atom stereocenters. The van der Waals surface area contributed by atoms with Gasteiger partial charge in [0.2, 0.25) is 0 Å². The molecule has 156 valence electrons. The quantitative estimate of drug-likeness (QED) is 0.561. The Balaban J connectivity index is 1.64. The molecule has 0 aliphatic carbocycles. The highest BCUT2D eigenvalue weighted by molar-refractivity contribution is 5.66. The summed E-state index contributed by atoms with van der Waals surface area (Å²) in [6.07, 6.45) is 5.99. The number of piperidine rings is 1. The van der Waals surface area contributed by atoms with E-state index < -0.39 is 0 Å². The number of hydrogen-bond acceptors (Lipinski definition) is 5. The van der Waals surface area contributed by atoms with E-state index in [1.165, 1.54) is 0 Å². The summed E-state index contributed by atoms with van der Waals surface area (Å²) in [6.45, 7) is 2.84. The molecule has 4 rings (SSSR count). The molecule has 5 nitrogen and oxygen atoms in total. The molecule has 1 saturated heterocycles. The lowest BCUT2D eigenvalue weighted by Gasteiger charge is -2.30. The van der Waals surface area contributed by atoms with Crippen LogP contribution >= 0.6 is 0 Å². The normalized spacial score (nSPS) is 15.0. The summed E-state index contributed by atoms with van der Waals surface area (Å²) in [7, 11) is 3.86. The van der Waals surface area contributed by atoms with Crippen molar-refractivity contribution in [2.75, 3.05) is 32.1 Å². The second kappa shape index (κ2) is 9.63. The number of methoxy groups -OCH3 is 1. The summed E-state index contributed by atoms with van der Waals surface area (Å²) < 4.78 is 12.0. The van der Waals surface area contributed by atoms with Crippen LogP contribution in [0.3, 0.4) is 0 Å². The molecule has 1 aliphatic heterocycles. The van der Waals surface area contributed by atoms with E-state index in [2.05, 4.69) is 64.3 Å². The summed E-state index contributed by atoms with van der Waals surface area (Å²) in [6, 6.07) is 20.7. The maximum absolute atomic E-state index is 6.41. The van der Waals surface area contributed by atoms with Crippen molar-refractivity contribution in [3.8, 4) is 11.5 Å². The molecule has 0 radical (unpaired) electrons. The number of pyridine rings is 1. The highest BCUT2D eigenvalue weighted by Gasteiger charge is 2.21. The minimum Gasteiger partial charge on any atom is -0.493 e. The highest BCUT2D eigenvalue weighted by Crippen LogP contribution is 2.37. The predicted molar refractivity (Wildman–Crippen MR) is 121 cm³/mol. The second-order valence-corrected chi connectivity index (χ2v) is 7.74. The minimum atomic E-state index is 0.217. The van der Waals surface area contributed by atoms with E-state index >= 15 is 0 Å². The number of para-hydroxylation sites is 1. The molecule has 0 bridgehead atoms.